The molecular formula is C15H16ClFN2. The van der Waals surface area contributed by atoms with Gasteiger partial charge in [-0.25, -0.2) is 9.82 Å². The van der Waals surface area contributed by atoms with Gasteiger partial charge < -0.3 is 0 Å². The Morgan fingerprint density at radius 3 is 2.53 bits per heavy atom. The third-order valence-corrected chi connectivity index (χ3v) is 3.64. The van der Waals surface area contributed by atoms with Crippen LogP contribution in [0.3, 0.4) is 0 Å². The van der Waals surface area contributed by atoms with Crippen molar-refractivity contribution in [3.63, 3.8) is 0 Å². The van der Waals surface area contributed by atoms with Gasteiger partial charge in [-0.3, -0.25) is 5.84 Å². The van der Waals surface area contributed by atoms with Crippen molar-refractivity contribution < 1.29 is 4.39 Å². The van der Waals surface area contributed by atoms with E-state index in [9.17, 15) is 4.39 Å². The summed E-state index contributed by atoms with van der Waals surface area (Å²) in [5.74, 6) is 5.34. The maximum atomic E-state index is 14.2. The second kappa shape index (κ2) is 5.70. The minimum absolute atomic E-state index is 0.248. The molecule has 0 fully saturated rings. The standard InChI is InChI=1S/C15H16ClFN2/c1-9-6-7-11(8-13(9)16)15(19-18)12-5-3-4-10(2)14(12)17/h3-8,15,19H,18H2,1-2H3. The number of rotatable bonds is 3. The molecule has 0 bridgehead atoms. The summed E-state index contributed by atoms with van der Waals surface area (Å²) in [6.45, 7) is 3.65. The first-order valence-corrected chi connectivity index (χ1v) is 6.39. The molecule has 0 aliphatic carbocycles. The van der Waals surface area contributed by atoms with Crippen molar-refractivity contribution in [3.05, 3.63) is 69.5 Å². The normalized spacial score (nSPS) is 12.5. The molecule has 0 aliphatic heterocycles. The molecule has 0 saturated heterocycles. The van der Waals surface area contributed by atoms with Crippen LogP contribution >= 0.6 is 11.6 Å². The van der Waals surface area contributed by atoms with E-state index in [2.05, 4.69) is 5.43 Å². The summed E-state index contributed by atoms with van der Waals surface area (Å²) < 4.78 is 14.2. The second-order valence-electron chi connectivity index (χ2n) is 4.59. The first-order valence-electron chi connectivity index (χ1n) is 6.01. The summed E-state index contributed by atoms with van der Waals surface area (Å²) in [5, 5.41) is 0.644. The third kappa shape index (κ3) is 2.78. The van der Waals surface area contributed by atoms with Crippen LogP contribution in [0.2, 0.25) is 5.02 Å². The number of benzene rings is 2. The molecule has 19 heavy (non-hydrogen) atoms. The zero-order valence-electron chi connectivity index (χ0n) is 10.9. The fourth-order valence-electron chi connectivity index (χ4n) is 2.05. The molecule has 0 aliphatic rings. The van der Waals surface area contributed by atoms with Gasteiger partial charge in [-0.2, -0.15) is 0 Å². The number of halogens is 2. The van der Waals surface area contributed by atoms with E-state index >= 15 is 0 Å². The van der Waals surface area contributed by atoms with E-state index in [1.165, 1.54) is 0 Å². The molecule has 4 heteroatoms. The molecule has 0 radical (unpaired) electrons. The highest BCUT2D eigenvalue weighted by atomic mass is 35.5. The first kappa shape index (κ1) is 14.0. The van der Waals surface area contributed by atoms with Crippen LogP contribution < -0.4 is 11.3 Å². The summed E-state index contributed by atoms with van der Waals surface area (Å²) in [5.41, 5.74) is 5.57. The molecule has 0 aromatic heterocycles. The number of aryl methyl sites for hydroxylation is 2. The predicted octanol–water partition coefficient (Wildman–Crippen LogP) is 3.65. The van der Waals surface area contributed by atoms with Gasteiger partial charge in [-0.1, -0.05) is 41.9 Å². The monoisotopic (exact) mass is 278 g/mol. The molecule has 2 aromatic carbocycles. The lowest BCUT2D eigenvalue weighted by Crippen LogP contribution is -2.29. The number of hydrogen-bond donors (Lipinski definition) is 2. The van der Waals surface area contributed by atoms with Crippen LogP contribution in [0.5, 0.6) is 0 Å². The Kier molecular flexibility index (Phi) is 4.20. The molecule has 100 valence electrons. The van der Waals surface area contributed by atoms with Crippen LogP contribution in [0.4, 0.5) is 4.39 Å². The molecule has 3 N–H and O–H groups in total. The van der Waals surface area contributed by atoms with E-state index < -0.39 is 6.04 Å². The molecule has 0 saturated carbocycles. The average molecular weight is 279 g/mol. The zero-order valence-corrected chi connectivity index (χ0v) is 11.6. The summed E-state index contributed by atoms with van der Waals surface area (Å²) in [6.07, 6.45) is 0. The number of nitrogens with two attached hydrogens (primary N) is 1. The molecule has 2 rings (SSSR count). The van der Waals surface area contributed by atoms with Crippen molar-refractivity contribution in [3.8, 4) is 0 Å². The van der Waals surface area contributed by atoms with E-state index in [0.29, 0.717) is 16.1 Å². The lowest BCUT2D eigenvalue weighted by molar-refractivity contribution is 0.554. The van der Waals surface area contributed by atoms with E-state index in [0.717, 1.165) is 11.1 Å². The Morgan fingerprint density at radius 1 is 1.16 bits per heavy atom. The molecule has 1 unspecified atom stereocenters. The van der Waals surface area contributed by atoms with Crippen molar-refractivity contribution in [2.45, 2.75) is 19.9 Å². The highest BCUT2D eigenvalue weighted by Crippen LogP contribution is 2.28. The van der Waals surface area contributed by atoms with Crippen LogP contribution in [-0.4, -0.2) is 0 Å². The third-order valence-electron chi connectivity index (χ3n) is 3.23. The van der Waals surface area contributed by atoms with Gasteiger partial charge in [0.2, 0.25) is 0 Å². The number of hydrogen-bond acceptors (Lipinski definition) is 2. The molecule has 0 heterocycles. The Hall–Kier alpha value is -1.42. The average Bonchev–Trinajstić information content (AvgIpc) is 2.39. The zero-order chi connectivity index (χ0) is 14.0. The van der Waals surface area contributed by atoms with Crippen molar-refractivity contribution in [2.24, 2.45) is 5.84 Å². The Balaban J connectivity index is 2.50. The van der Waals surface area contributed by atoms with Crippen LogP contribution in [0, 0.1) is 19.7 Å². The van der Waals surface area contributed by atoms with Gasteiger partial charge in [0.15, 0.2) is 0 Å². The van der Waals surface area contributed by atoms with Gasteiger partial charge in [0.05, 0.1) is 6.04 Å². The Morgan fingerprint density at radius 2 is 1.89 bits per heavy atom. The number of hydrazine groups is 1. The van der Waals surface area contributed by atoms with Crippen molar-refractivity contribution in [2.75, 3.05) is 0 Å². The smallest absolute Gasteiger partial charge is 0.131 e. The largest absolute Gasteiger partial charge is 0.271 e. The summed E-state index contributed by atoms with van der Waals surface area (Å²) in [7, 11) is 0. The first-order chi connectivity index (χ1) is 9.04. The fourth-order valence-corrected chi connectivity index (χ4v) is 2.24. The van der Waals surface area contributed by atoms with Crippen molar-refractivity contribution in [1.82, 2.24) is 5.43 Å². The SMILES string of the molecule is Cc1ccc(C(NN)c2cccc(C)c2F)cc1Cl. The summed E-state index contributed by atoms with van der Waals surface area (Å²) >= 11 is 6.11. The van der Waals surface area contributed by atoms with Gasteiger partial charge in [0, 0.05) is 10.6 Å². The summed E-state index contributed by atoms with van der Waals surface area (Å²) in [6, 6.07) is 10.5. The van der Waals surface area contributed by atoms with Crippen LogP contribution in [0.15, 0.2) is 36.4 Å². The van der Waals surface area contributed by atoms with E-state index in [1.54, 1.807) is 19.1 Å². The fraction of sp³-hybridized carbons (Fsp3) is 0.200. The highest BCUT2D eigenvalue weighted by Gasteiger charge is 2.18. The van der Waals surface area contributed by atoms with Gasteiger partial charge in [0.25, 0.3) is 0 Å². The van der Waals surface area contributed by atoms with Gasteiger partial charge in [0.1, 0.15) is 5.82 Å². The molecule has 0 amide bonds. The molecule has 2 aromatic rings. The lowest BCUT2D eigenvalue weighted by atomic mass is 9.96. The van der Waals surface area contributed by atoms with Crippen LogP contribution in [0.25, 0.3) is 0 Å². The minimum atomic E-state index is -0.419. The molecule has 0 spiro atoms. The second-order valence-corrected chi connectivity index (χ2v) is 4.99. The quantitative estimate of drug-likeness (QED) is 0.664. The maximum Gasteiger partial charge on any atom is 0.131 e. The van der Waals surface area contributed by atoms with E-state index in [-0.39, 0.29) is 5.82 Å². The van der Waals surface area contributed by atoms with Crippen molar-refractivity contribution >= 4 is 11.6 Å². The topological polar surface area (TPSA) is 38.0 Å². The Labute approximate surface area is 117 Å². The lowest BCUT2D eigenvalue weighted by Gasteiger charge is -2.19. The molecule has 2 nitrogen and oxygen atoms in total. The van der Waals surface area contributed by atoms with Crippen LogP contribution in [0.1, 0.15) is 28.3 Å². The van der Waals surface area contributed by atoms with Crippen molar-refractivity contribution in [1.29, 1.82) is 0 Å². The molecule has 1 atom stereocenters. The van der Waals surface area contributed by atoms with Crippen LogP contribution in [-0.2, 0) is 0 Å². The maximum absolute atomic E-state index is 14.2. The number of nitrogens with one attached hydrogen (secondary N) is 1. The molecular weight excluding hydrogens is 263 g/mol. The highest BCUT2D eigenvalue weighted by molar-refractivity contribution is 6.31. The van der Waals surface area contributed by atoms with Gasteiger partial charge >= 0.3 is 0 Å². The van der Waals surface area contributed by atoms with Gasteiger partial charge in [-0.15, -0.1) is 0 Å². The van der Waals surface area contributed by atoms with E-state index in [1.807, 2.05) is 31.2 Å². The van der Waals surface area contributed by atoms with E-state index in [4.69, 9.17) is 17.4 Å². The summed E-state index contributed by atoms with van der Waals surface area (Å²) in [4.78, 5) is 0. The minimum Gasteiger partial charge on any atom is -0.271 e. The Bertz CT molecular complexity index is 599. The van der Waals surface area contributed by atoms with Gasteiger partial charge in [-0.05, 0) is 36.6 Å². The predicted molar refractivity (Wildman–Crippen MR) is 76.5 cm³/mol.